The summed E-state index contributed by atoms with van der Waals surface area (Å²) in [5, 5.41) is 0. The molecule has 8 aliphatic rings. The van der Waals surface area contributed by atoms with Gasteiger partial charge in [0.15, 0.2) is 0 Å². The molecule has 4 nitrogen and oxygen atoms in total. The van der Waals surface area contributed by atoms with Crippen molar-refractivity contribution >= 4 is 0 Å². The quantitative estimate of drug-likeness (QED) is 0.560. The summed E-state index contributed by atoms with van der Waals surface area (Å²) in [5.74, 6) is 7.05. The van der Waals surface area contributed by atoms with Gasteiger partial charge in [-0.15, -0.1) is 0 Å². The van der Waals surface area contributed by atoms with Gasteiger partial charge in [0.25, 0.3) is 0 Å². The first-order valence-electron chi connectivity index (χ1n) is 11.4. The second-order valence-corrected chi connectivity index (χ2v) is 10.8. The fraction of sp³-hybridized carbons (Fsp3) is 1.00. The molecule has 2 heterocycles. The van der Waals surface area contributed by atoms with Crippen molar-refractivity contribution < 1.29 is 18.9 Å². The monoisotopic (exact) mass is 358 g/mol. The highest BCUT2D eigenvalue weighted by Gasteiger charge is 2.67. The van der Waals surface area contributed by atoms with Crippen LogP contribution in [0.2, 0.25) is 0 Å². The third-order valence-corrected chi connectivity index (χ3v) is 10.1. The van der Waals surface area contributed by atoms with Gasteiger partial charge in [0.05, 0.1) is 49.8 Å². The predicted octanol–water partition coefficient (Wildman–Crippen LogP) is 2.64. The smallest absolute Gasteiger partial charge is 0.0876 e. The van der Waals surface area contributed by atoms with Crippen molar-refractivity contribution in [3.05, 3.63) is 0 Å². The number of ether oxygens (including phenoxy) is 4. The largest absolute Gasteiger partial charge is 0.376 e. The zero-order valence-electron chi connectivity index (χ0n) is 15.4. The highest BCUT2D eigenvalue weighted by atomic mass is 16.6. The van der Waals surface area contributed by atoms with Crippen molar-refractivity contribution in [3.8, 4) is 0 Å². The maximum absolute atomic E-state index is 6.36. The van der Waals surface area contributed by atoms with Gasteiger partial charge in [0.1, 0.15) is 0 Å². The van der Waals surface area contributed by atoms with Crippen LogP contribution in [0.4, 0.5) is 0 Å². The maximum atomic E-state index is 6.36. The first-order valence-corrected chi connectivity index (χ1v) is 11.4. The Morgan fingerprint density at radius 3 is 1.58 bits per heavy atom. The lowest BCUT2D eigenvalue weighted by atomic mass is 9.79. The Morgan fingerprint density at radius 1 is 0.577 bits per heavy atom. The summed E-state index contributed by atoms with van der Waals surface area (Å²) in [6.07, 6.45) is 11.6. The summed E-state index contributed by atoms with van der Waals surface area (Å²) in [4.78, 5) is 0. The van der Waals surface area contributed by atoms with Crippen molar-refractivity contribution in [2.45, 2.75) is 75.1 Å². The van der Waals surface area contributed by atoms with Crippen LogP contribution >= 0.6 is 0 Å². The fourth-order valence-electron chi connectivity index (χ4n) is 9.28. The molecule has 0 N–H and O–H groups in total. The Morgan fingerprint density at radius 2 is 1.08 bits per heavy atom. The molecular weight excluding hydrogens is 328 g/mol. The van der Waals surface area contributed by atoms with Crippen molar-refractivity contribution in [1.29, 1.82) is 0 Å². The number of fused-ring (bicyclic) bond motifs is 14. The minimum atomic E-state index is 0.493. The predicted molar refractivity (Wildman–Crippen MR) is 92.4 cm³/mol. The van der Waals surface area contributed by atoms with Gasteiger partial charge in [0, 0.05) is 0 Å². The zero-order valence-corrected chi connectivity index (χ0v) is 15.4. The van der Waals surface area contributed by atoms with Crippen LogP contribution in [0.3, 0.4) is 0 Å². The van der Waals surface area contributed by atoms with E-state index in [0.717, 1.165) is 60.6 Å². The van der Waals surface area contributed by atoms with Gasteiger partial charge in [-0.05, 0) is 85.9 Å². The van der Waals surface area contributed by atoms with Gasteiger partial charge in [-0.2, -0.15) is 0 Å². The molecule has 14 atom stereocenters. The second-order valence-electron chi connectivity index (χ2n) is 10.8. The molecule has 2 saturated heterocycles. The van der Waals surface area contributed by atoms with E-state index < -0.39 is 0 Å². The molecule has 2 aliphatic heterocycles. The van der Waals surface area contributed by atoms with E-state index in [1.165, 1.54) is 38.5 Å². The molecule has 8 fully saturated rings. The standard InChI is InChI=1S/C22H30O4/c1(23-15-5-9-3-13(15)19-11(9)7-17-21(19)25-17)2-24-16-6-10-4-14(16)20-12(10)8-18-22(20)26-18/h9-22H,1-8H2. The summed E-state index contributed by atoms with van der Waals surface area (Å²) in [7, 11) is 0. The lowest BCUT2D eigenvalue weighted by Crippen LogP contribution is -2.36. The average Bonchev–Trinajstić information content (AvgIpc) is 3.19. The lowest BCUT2D eigenvalue weighted by molar-refractivity contribution is -0.0752. The van der Waals surface area contributed by atoms with E-state index >= 15 is 0 Å². The van der Waals surface area contributed by atoms with Crippen LogP contribution < -0.4 is 0 Å². The zero-order chi connectivity index (χ0) is 16.6. The number of rotatable bonds is 5. The van der Waals surface area contributed by atoms with Crippen molar-refractivity contribution in [2.75, 3.05) is 13.2 Å². The van der Waals surface area contributed by atoms with E-state index in [-0.39, 0.29) is 0 Å². The summed E-state index contributed by atoms with van der Waals surface area (Å²) in [5.41, 5.74) is 0. The molecule has 4 bridgehead atoms. The van der Waals surface area contributed by atoms with Crippen molar-refractivity contribution in [2.24, 2.45) is 47.3 Å². The van der Waals surface area contributed by atoms with Gasteiger partial charge in [-0.1, -0.05) is 0 Å². The molecule has 0 amide bonds. The minimum absolute atomic E-state index is 0.493. The van der Waals surface area contributed by atoms with Crippen LogP contribution in [0.1, 0.15) is 38.5 Å². The molecule has 6 aliphatic carbocycles. The number of hydrogen-bond donors (Lipinski definition) is 0. The average molecular weight is 358 g/mol. The summed E-state index contributed by atoms with van der Waals surface area (Å²) < 4.78 is 24.4. The summed E-state index contributed by atoms with van der Waals surface area (Å²) in [6, 6.07) is 0. The van der Waals surface area contributed by atoms with Crippen LogP contribution in [0, 0.1) is 47.3 Å². The van der Waals surface area contributed by atoms with Gasteiger partial charge in [-0.25, -0.2) is 0 Å². The fourth-order valence-corrected chi connectivity index (χ4v) is 9.28. The Kier molecular flexibility index (Phi) is 2.77. The molecule has 0 aromatic rings. The Bertz CT molecular complexity index is 584. The molecule has 26 heavy (non-hydrogen) atoms. The molecule has 0 aromatic heterocycles. The molecule has 4 heteroatoms. The Balaban J connectivity index is 0.860. The Labute approximate surface area is 155 Å². The summed E-state index contributed by atoms with van der Waals surface area (Å²) >= 11 is 0. The first-order chi connectivity index (χ1) is 12.8. The normalized spacial score (nSPS) is 67.4. The molecule has 0 spiro atoms. The van der Waals surface area contributed by atoms with E-state index in [1.54, 1.807) is 0 Å². The first kappa shape index (κ1) is 14.8. The molecule has 6 saturated carbocycles. The van der Waals surface area contributed by atoms with E-state index in [9.17, 15) is 0 Å². The number of hydrogen-bond acceptors (Lipinski definition) is 4. The molecule has 142 valence electrons. The maximum Gasteiger partial charge on any atom is 0.0876 e. The molecule has 14 unspecified atom stereocenters. The van der Waals surface area contributed by atoms with Crippen LogP contribution in [-0.4, -0.2) is 49.8 Å². The van der Waals surface area contributed by atoms with E-state index in [2.05, 4.69) is 0 Å². The van der Waals surface area contributed by atoms with Crippen molar-refractivity contribution in [1.82, 2.24) is 0 Å². The lowest BCUT2D eigenvalue weighted by Gasteiger charge is -2.34. The van der Waals surface area contributed by atoms with Gasteiger partial charge >= 0.3 is 0 Å². The third-order valence-electron chi connectivity index (χ3n) is 10.1. The van der Waals surface area contributed by atoms with Crippen LogP contribution in [0.5, 0.6) is 0 Å². The summed E-state index contributed by atoms with van der Waals surface area (Å²) in [6.45, 7) is 1.59. The van der Waals surface area contributed by atoms with E-state index in [4.69, 9.17) is 18.9 Å². The number of epoxide rings is 2. The topological polar surface area (TPSA) is 43.5 Å². The highest BCUT2D eigenvalue weighted by molar-refractivity contribution is 5.15. The SMILES string of the molecule is C(COC1CC2CC1C1C2CC2OC21)OC1CC2CC1C1C2CC2OC21. The van der Waals surface area contributed by atoms with E-state index in [1.807, 2.05) is 0 Å². The highest BCUT2D eigenvalue weighted by Crippen LogP contribution is 2.65. The van der Waals surface area contributed by atoms with Gasteiger partial charge < -0.3 is 18.9 Å². The molecule has 0 radical (unpaired) electrons. The van der Waals surface area contributed by atoms with Crippen LogP contribution in [0.15, 0.2) is 0 Å². The second kappa shape index (κ2) is 4.87. The van der Waals surface area contributed by atoms with Gasteiger partial charge in [-0.3, -0.25) is 0 Å². The van der Waals surface area contributed by atoms with Crippen molar-refractivity contribution in [3.63, 3.8) is 0 Å². The van der Waals surface area contributed by atoms with Crippen LogP contribution in [0.25, 0.3) is 0 Å². The minimum Gasteiger partial charge on any atom is -0.376 e. The van der Waals surface area contributed by atoms with E-state index in [0.29, 0.717) is 36.6 Å². The third kappa shape index (κ3) is 1.81. The molecule has 8 rings (SSSR count). The van der Waals surface area contributed by atoms with Crippen LogP contribution in [-0.2, 0) is 18.9 Å². The molecule has 0 aromatic carbocycles. The molecular formula is C22H30O4. The Hall–Kier alpha value is -0.160. The van der Waals surface area contributed by atoms with Gasteiger partial charge in [0.2, 0.25) is 0 Å².